The second-order valence-corrected chi connectivity index (χ2v) is 5.89. The van der Waals surface area contributed by atoms with Gasteiger partial charge in [-0.2, -0.15) is 0 Å². The third kappa shape index (κ3) is 4.47. The summed E-state index contributed by atoms with van der Waals surface area (Å²) in [5.41, 5.74) is 1.74. The van der Waals surface area contributed by atoms with Gasteiger partial charge in [0.05, 0.1) is 12.2 Å². The zero-order valence-electron chi connectivity index (χ0n) is 13.8. The largest absolute Gasteiger partial charge is 0.384 e. The van der Waals surface area contributed by atoms with Crippen LogP contribution < -0.4 is 5.32 Å². The number of hydrogen-bond acceptors (Lipinski definition) is 3. The number of nitrogens with zero attached hydrogens (tertiary/aromatic N) is 1. The van der Waals surface area contributed by atoms with E-state index in [9.17, 15) is 4.79 Å². The third-order valence-corrected chi connectivity index (χ3v) is 4.13. The van der Waals surface area contributed by atoms with E-state index in [1.165, 1.54) is 0 Å². The van der Waals surface area contributed by atoms with Crippen molar-refractivity contribution >= 4 is 11.6 Å². The highest BCUT2D eigenvalue weighted by Crippen LogP contribution is 2.23. The Kier molecular flexibility index (Phi) is 6.72. The van der Waals surface area contributed by atoms with E-state index < -0.39 is 0 Å². The van der Waals surface area contributed by atoms with Crippen LogP contribution in [0.15, 0.2) is 24.3 Å². The van der Waals surface area contributed by atoms with Crippen molar-refractivity contribution in [2.75, 3.05) is 38.2 Å². The van der Waals surface area contributed by atoms with E-state index in [2.05, 4.69) is 12.2 Å². The van der Waals surface area contributed by atoms with Gasteiger partial charge in [-0.3, -0.25) is 4.79 Å². The SMILES string of the molecule is CCCCNc1ccccc1C(=O)N1CC[C@@H](COCC)C1. The number of likely N-dealkylation sites (tertiary alicyclic amines) is 1. The summed E-state index contributed by atoms with van der Waals surface area (Å²) in [5.74, 6) is 0.614. The summed E-state index contributed by atoms with van der Waals surface area (Å²) < 4.78 is 5.49. The Labute approximate surface area is 133 Å². The van der Waals surface area contributed by atoms with Gasteiger partial charge >= 0.3 is 0 Å². The second kappa shape index (κ2) is 8.79. The lowest BCUT2D eigenvalue weighted by Crippen LogP contribution is -2.30. The normalized spacial score (nSPS) is 17.7. The molecule has 0 bridgehead atoms. The van der Waals surface area contributed by atoms with E-state index in [0.29, 0.717) is 5.92 Å². The van der Waals surface area contributed by atoms with Crippen LogP contribution in [0.2, 0.25) is 0 Å². The van der Waals surface area contributed by atoms with E-state index in [4.69, 9.17) is 4.74 Å². The summed E-state index contributed by atoms with van der Waals surface area (Å²) in [7, 11) is 0. The lowest BCUT2D eigenvalue weighted by Gasteiger charge is -2.19. The van der Waals surface area contributed by atoms with Crippen molar-refractivity contribution in [3.05, 3.63) is 29.8 Å². The number of carbonyl (C=O) groups is 1. The van der Waals surface area contributed by atoms with Gasteiger partial charge in [-0.1, -0.05) is 25.5 Å². The molecule has 122 valence electrons. The lowest BCUT2D eigenvalue weighted by atomic mass is 10.1. The number of hydrogen-bond donors (Lipinski definition) is 1. The van der Waals surface area contributed by atoms with Crippen molar-refractivity contribution in [1.29, 1.82) is 0 Å². The number of nitrogens with one attached hydrogen (secondary N) is 1. The summed E-state index contributed by atoms with van der Waals surface area (Å²) in [5, 5.41) is 3.39. The van der Waals surface area contributed by atoms with Crippen LogP contribution in [-0.4, -0.2) is 43.7 Å². The minimum absolute atomic E-state index is 0.138. The molecule has 1 amide bonds. The molecule has 0 radical (unpaired) electrons. The number of para-hydroxylation sites is 1. The molecule has 1 aromatic carbocycles. The highest BCUT2D eigenvalue weighted by Gasteiger charge is 2.27. The molecule has 4 heteroatoms. The van der Waals surface area contributed by atoms with Gasteiger partial charge < -0.3 is 15.0 Å². The van der Waals surface area contributed by atoms with E-state index in [0.717, 1.165) is 63.4 Å². The average Bonchev–Trinajstić information content (AvgIpc) is 3.02. The van der Waals surface area contributed by atoms with Gasteiger partial charge in [0.25, 0.3) is 5.91 Å². The minimum Gasteiger partial charge on any atom is -0.384 e. The predicted molar refractivity (Wildman–Crippen MR) is 90.3 cm³/mol. The summed E-state index contributed by atoms with van der Waals surface area (Å²) in [6.45, 7) is 8.23. The van der Waals surface area contributed by atoms with E-state index >= 15 is 0 Å². The van der Waals surface area contributed by atoms with Crippen LogP contribution in [0.3, 0.4) is 0 Å². The maximum atomic E-state index is 12.8. The van der Waals surface area contributed by atoms with Crippen molar-refractivity contribution in [2.24, 2.45) is 5.92 Å². The molecule has 1 heterocycles. The summed E-state index contributed by atoms with van der Waals surface area (Å²) >= 11 is 0. The molecule has 1 aromatic rings. The monoisotopic (exact) mass is 304 g/mol. The van der Waals surface area contributed by atoms with Crippen molar-refractivity contribution in [3.8, 4) is 0 Å². The summed E-state index contributed by atoms with van der Waals surface area (Å²) in [6, 6.07) is 7.84. The fraction of sp³-hybridized carbons (Fsp3) is 0.611. The van der Waals surface area contributed by atoms with Crippen LogP contribution in [0.1, 0.15) is 43.5 Å². The second-order valence-electron chi connectivity index (χ2n) is 5.89. The zero-order chi connectivity index (χ0) is 15.8. The fourth-order valence-electron chi connectivity index (χ4n) is 2.83. The lowest BCUT2D eigenvalue weighted by molar-refractivity contribution is 0.0763. The molecule has 1 aliphatic rings. The molecule has 2 rings (SSSR count). The van der Waals surface area contributed by atoms with E-state index in [-0.39, 0.29) is 5.91 Å². The molecule has 1 aliphatic heterocycles. The molecule has 1 saturated heterocycles. The first-order valence-electron chi connectivity index (χ1n) is 8.46. The molecule has 0 unspecified atom stereocenters. The maximum absolute atomic E-state index is 12.8. The quantitative estimate of drug-likeness (QED) is 0.748. The van der Waals surface area contributed by atoms with Crippen LogP contribution in [0, 0.1) is 5.92 Å². The number of ether oxygens (including phenoxy) is 1. The molecule has 0 spiro atoms. The Morgan fingerprint density at radius 1 is 1.36 bits per heavy atom. The predicted octanol–water partition coefficient (Wildman–Crippen LogP) is 3.40. The Hall–Kier alpha value is -1.55. The van der Waals surface area contributed by atoms with Crippen molar-refractivity contribution in [1.82, 2.24) is 4.90 Å². The van der Waals surface area contributed by atoms with Crippen molar-refractivity contribution < 1.29 is 9.53 Å². The standard InChI is InChI=1S/C18H28N2O2/c1-3-5-11-19-17-9-7-6-8-16(17)18(21)20-12-10-15(13-20)14-22-4-2/h6-9,15,19H,3-5,10-14H2,1-2H3/t15-/m1/s1. The molecular formula is C18H28N2O2. The molecule has 1 fully saturated rings. The Bertz CT molecular complexity index is 476. The van der Waals surface area contributed by atoms with Crippen LogP contribution >= 0.6 is 0 Å². The van der Waals surface area contributed by atoms with Gasteiger partial charge in [0.1, 0.15) is 0 Å². The third-order valence-electron chi connectivity index (χ3n) is 4.13. The van der Waals surface area contributed by atoms with Gasteiger partial charge in [-0.05, 0) is 31.9 Å². The first-order chi connectivity index (χ1) is 10.8. The van der Waals surface area contributed by atoms with Crippen LogP contribution in [0.5, 0.6) is 0 Å². The number of rotatable bonds is 8. The Morgan fingerprint density at radius 3 is 2.95 bits per heavy atom. The number of carbonyl (C=O) groups excluding carboxylic acids is 1. The number of benzene rings is 1. The van der Waals surface area contributed by atoms with Crippen LogP contribution in [-0.2, 0) is 4.74 Å². The van der Waals surface area contributed by atoms with Gasteiger partial charge in [-0.15, -0.1) is 0 Å². The van der Waals surface area contributed by atoms with Crippen LogP contribution in [0.25, 0.3) is 0 Å². The van der Waals surface area contributed by atoms with Crippen LogP contribution in [0.4, 0.5) is 5.69 Å². The smallest absolute Gasteiger partial charge is 0.255 e. The highest BCUT2D eigenvalue weighted by molar-refractivity contribution is 5.99. The topological polar surface area (TPSA) is 41.6 Å². The maximum Gasteiger partial charge on any atom is 0.255 e. The summed E-state index contributed by atoms with van der Waals surface area (Å²) in [4.78, 5) is 14.7. The van der Waals surface area contributed by atoms with Gasteiger partial charge in [-0.25, -0.2) is 0 Å². The molecule has 0 aromatic heterocycles. The van der Waals surface area contributed by atoms with Crippen molar-refractivity contribution in [2.45, 2.75) is 33.1 Å². The molecule has 0 saturated carbocycles. The molecule has 1 atom stereocenters. The Balaban J connectivity index is 1.97. The minimum atomic E-state index is 0.138. The average molecular weight is 304 g/mol. The number of anilines is 1. The molecule has 4 nitrogen and oxygen atoms in total. The summed E-state index contributed by atoms with van der Waals surface area (Å²) in [6.07, 6.45) is 3.30. The molecule has 22 heavy (non-hydrogen) atoms. The highest BCUT2D eigenvalue weighted by atomic mass is 16.5. The molecule has 0 aliphatic carbocycles. The van der Waals surface area contributed by atoms with Gasteiger partial charge in [0, 0.05) is 37.8 Å². The van der Waals surface area contributed by atoms with E-state index in [1.807, 2.05) is 36.1 Å². The first kappa shape index (κ1) is 16.8. The zero-order valence-corrected chi connectivity index (χ0v) is 13.8. The van der Waals surface area contributed by atoms with Gasteiger partial charge in [0.15, 0.2) is 0 Å². The molecular weight excluding hydrogens is 276 g/mol. The molecule has 1 N–H and O–H groups in total. The number of amides is 1. The van der Waals surface area contributed by atoms with Crippen molar-refractivity contribution in [3.63, 3.8) is 0 Å². The van der Waals surface area contributed by atoms with E-state index in [1.54, 1.807) is 0 Å². The fourth-order valence-corrected chi connectivity index (χ4v) is 2.83. The number of unbranched alkanes of at least 4 members (excludes halogenated alkanes) is 1. The first-order valence-corrected chi connectivity index (χ1v) is 8.46. The van der Waals surface area contributed by atoms with Gasteiger partial charge in [0.2, 0.25) is 0 Å². The Morgan fingerprint density at radius 2 is 2.18 bits per heavy atom.